The average Bonchev–Trinajstić information content (AvgIpc) is 2.46. The average molecular weight is 240 g/mol. The number of hydrogen-bond donors (Lipinski definition) is 1. The van der Waals surface area contributed by atoms with Crippen molar-refractivity contribution in [1.29, 1.82) is 5.41 Å². The summed E-state index contributed by atoms with van der Waals surface area (Å²) < 4.78 is 5.19. The lowest BCUT2D eigenvalue weighted by molar-refractivity contribution is 0.415. The molecule has 0 bridgehead atoms. The molecule has 0 heterocycles. The van der Waals surface area contributed by atoms with E-state index >= 15 is 0 Å². The van der Waals surface area contributed by atoms with E-state index in [1.165, 1.54) is 0 Å². The van der Waals surface area contributed by atoms with E-state index in [0.717, 1.165) is 17.0 Å². The topological polar surface area (TPSA) is 36.3 Å². The molecule has 0 saturated heterocycles. The van der Waals surface area contributed by atoms with Gasteiger partial charge in [-0.2, -0.15) is 0 Å². The van der Waals surface area contributed by atoms with E-state index < -0.39 is 0 Å². The molecule has 2 aromatic carbocycles. The van der Waals surface area contributed by atoms with Crippen LogP contribution in [0.3, 0.4) is 0 Å². The van der Waals surface area contributed by atoms with Gasteiger partial charge in [0.05, 0.1) is 7.11 Å². The summed E-state index contributed by atoms with van der Waals surface area (Å²) in [5, 5.41) is 8.19. The van der Waals surface area contributed by atoms with Gasteiger partial charge in [-0.3, -0.25) is 5.41 Å². The van der Waals surface area contributed by atoms with Gasteiger partial charge in [0.25, 0.3) is 0 Å². The number of rotatable bonds is 3. The van der Waals surface area contributed by atoms with Crippen LogP contribution >= 0.6 is 0 Å². The van der Waals surface area contributed by atoms with Gasteiger partial charge in [0.2, 0.25) is 0 Å². The zero-order chi connectivity index (χ0) is 13.0. The van der Waals surface area contributed by atoms with Gasteiger partial charge >= 0.3 is 0 Å². The first kappa shape index (κ1) is 12.2. The molecule has 0 saturated carbocycles. The molecule has 0 spiro atoms. The zero-order valence-corrected chi connectivity index (χ0v) is 10.6. The highest BCUT2D eigenvalue weighted by atomic mass is 16.5. The Kier molecular flexibility index (Phi) is 3.63. The Hall–Kier alpha value is -2.29. The third-order valence-electron chi connectivity index (χ3n) is 2.82. The van der Waals surface area contributed by atoms with Crippen molar-refractivity contribution in [2.45, 2.75) is 0 Å². The molecule has 0 atom stereocenters. The summed E-state index contributed by atoms with van der Waals surface area (Å²) in [6.45, 7) is 0. The lowest BCUT2D eigenvalue weighted by Gasteiger charge is -2.20. The Morgan fingerprint density at radius 3 is 2.44 bits per heavy atom. The first-order valence-corrected chi connectivity index (χ1v) is 5.74. The van der Waals surface area contributed by atoms with E-state index in [2.05, 4.69) is 0 Å². The first-order valence-electron chi connectivity index (χ1n) is 5.74. The molecule has 3 nitrogen and oxygen atoms in total. The molecule has 0 aliphatic heterocycles. The summed E-state index contributed by atoms with van der Waals surface area (Å²) in [7, 11) is 3.52. The van der Waals surface area contributed by atoms with Gasteiger partial charge < -0.3 is 9.64 Å². The van der Waals surface area contributed by atoms with Gasteiger partial charge in [0, 0.05) is 24.4 Å². The Bertz CT molecular complexity index is 537. The Balaban J connectivity index is 2.25. The molecule has 18 heavy (non-hydrogen) atoms. The molecule has 2 rings (SSSR count). The Morgan fingerprint density at radius 2 is 1.78 bits per heavy atom. The summed E-state index contributed by atoms with van der Waals surface area (Å²) >= 11 is 0. The van der Waals surface area contributed by atoms with Crippen LogP contribution < -0.4 is 9.64 Å². The van der Waals surface area contributed by atoms with Gasteiger partial charge in [-0.25, -0.2) is 0 Å². The molecule has 1 N–H and O–H groups in total. The molecule has 0 amide bonds. The maximum absolute atomic E-state index is 8.19. The van der Waals surface area contributed by atoms with E-state index in [4.69, 9.17) is 10.1 Å². The number of hydrogen-bond acceptors (Lipinski definition) is 2. The molecule has 3 heteroatoms. The number of anilines is 1. The summed E-state index contributed by atoms with van der Waals surface area (Å²) in [6.07, 6.45) is 0. The molecule has 0 radical (unpaired) electrons. The van der Waals surface area contributed by atoms with Crippen molar-refractivity contribution in [2.24, 2.45) is 0 Å². The van der Waals surface area contributed by atoms with E-state index in [1.807, 2.05) is 66.5 Å². The van der Waals surface area contributed by atoms with Crippen molar-refractivity contribution >= 4 is 11.5 Å². The first-order chi connectivity index (χ1) is 8.72. The number of amidine groups is 1. The van der Waals surface area contributed by atoms with Crippen molar-refractivity contribution in [3.05, 3.63) is 60.2 Å². The van der Waals surface area contributed by atoms with Crippen LogP contribution in [0.5, 0.6) is 5.75 Å². The van der Waals surface area contributed by atoms with Crippen LogP contribution in [0.2, 0.25) is 0 Å². The molecule has 0 aliphatic rings. The predicted octanol–water partition coefficient (Wildman–Crippen LogP) is 3.16. The van der Waals surface area contributed by atoms with Crippen LogP contribution in [-0.2, 0) is 0 Å². The normalized spacial score (nSPS) is 9.89. The maximum Gasteiger partial charge on any atom is 0.132 e. The minimum Gasteiger partial charge on any atom is -0.497 e. The molecule has 92 valence electrons. The molecule has 2 aromatic rings. The van der Waals surface area contributed by atoms with E-state index in [9.17, 15) is 0 Å². The van der Waals surface area contributed by atoms with Crippen LogP contribution in [-0.4, -0.2) is 20.0 Å². The smallest absolute Gasteiger partial charge is 0.132 e. The summed E-state index contributed by atoms with van der Waals surface area (Å²) in [5.41, 5.74) is 1.83. The minimum atomic E-state index is 0.462. The Labute approximate surface area is 107 Å². The molecule has 0 aromatic heterocycles. The highest BCUT2D eigenvalue weighted by Crippen LogP contribution is 2.21. The summed E-state index contributed by atoms with van der Waals surface area (Å²) in [5.74, 6) is 1.25. The fourth-order valence-electron chi connectivity index (χ4n) is 1.74. The van der Waals surface area contributed by atoms with Crippen molar-refractivity contribution in [3.63, 3.8) is 0 Å². The van der Waals surface area contributed by atoms with Gasteiger partial charge in [0.15, 0.2) is 0 Å². The highest BCUT2D eigenvalue weighted by molar-refractivity contribution is 6.07. The summed E-state index contributed by atoms with van der Waals surface area (Å²) in [4.78, 5) is 1.83. The zero-order valence-electron chi connectivity index (χ0n) is 10.6. The summed E-state index contributed by atoms with van der Waals surface area (Å²) in [6, 6.07) is 17.4. The van der Waals surface area contributed by atoms with Crippen molar-refractivity contribution in [2.75, 3.05) is 19.1 Å². The van der Waals surface area contributed by atoms with E-state index in [-0.39, 0.29) is 0 Å². The highest BCUT2D eigenvalue weighted by Gasteiger charge is 2.09. The second kappa shape index (κ2) is 5.36. The van der Waals surface area contributed by atoms with Crippen LogP contribution in [0.4, 0.5) is 5.69 Å². The lowest BCUT2D eigenvalue weighted by atomic mass is 10.2. The third kappa shape index (κ3) is 2.51. The fraction of sp³-hybridized carbons (Fsp3) is 0.133. The molecular weight excluding hydrogens is 224 g/mol. The van der Waals surface area contributed by atoms with Gasteiger partial charge in [-0.05, 0) is 12.1 Å². The van der Waals surface area contributed by atoms with Crippen LogP contribution in [0.15, 0.2) is 54.6 Å². The SMILES string of the molecule is COc1cccc(N(C)C(=N)c2ccccc2)c1. The Morgan fingerprint density at radius 1 is 1.06 bits per heavy atom. The van der Waals surface area contributed by atoms with Crippen molar-refractivity contribution < 1.29 is 4.74 Å². The second-order valence-electron chi connectivity index (χ2n) is 3.98. The quantitative estimate of drug-likeness (QED) is 0.661. The third-order valence-corrected chi connectivity index (χ3v) is 2.82. The molecule has 0 unspecified atom stereocenters. The minimum absolute atomic E-state index is 0.462. The predicted molar refractivity (Wildman–Crippen MR) is 74.7 cm³/mol. The second-order valence-corrected chi connectivity index (χ2v) is 3.98. The van der Waals surface area contributed by atoms with Crippen molar-refractivity contribution in [3.8, 4) is 5.75 Å². The standard InChI is InChI=1S/C15H16N2O/c1-17(13-9-6-10-14(11-13)18-2)15(16)12-7-4-3-5-8-12/h3-11,16H,1-2H3. The monoisotopic (exact) mass is 240 g/mol. The number of ether oxygens (including phenoxy) is 1. The fourth-order valence-corrected chi connectivity index (χ4v) is 1.74. The van der Waals surface area contributed by atoms with Crippen LogP contribution in [0.1, 0.15) is 5.56 Å². The largest absolute Gasteiger partial charge is 0.497 e. The maximum atomic E-state index is 8.19. The van der Waals surface area contributed by atoms with Gasteiger partial charge in [-0.1, -0.05) is 36.4 Å². The molecule has 0 fully saturated rings. The van der Waals surface area contributed by atoms with Crippen molar-refractivity contribution in [1.82, 2.24) is 0 Å². The van der Waals surface area contributed by atoms with Crippen LogP contribution in [0.25, 0.3) is 0 Å². The van der Waals surface area contributed by atoms with E-state index in [1.54, 1.807) is 7.11 Å². The molecular formula is C15H16N2O. The number of benzene rings is 2. The molecule has 0 aliphatic carbocycles. The van der Waals surface area contributed by atoms with Crippen LogP contribution in [0, 0.1) is 5.41 Å². The lowest BCUT2D eigenvalue weighted by Crippen LogP contribution is -2.26. The number of nitrogens with one attached hydrogen (secondary N) is 1. The number of methoxy groups -OCH3 is 1. The number of nitrogens with zero attached hydrogens (tertiary/aromatic N) is 1. The van der Waals surface area contributed by atoms with Gasteiger partial charge in [-0.15, -0.1) is 0 Å². The van der Waals surface area contributed by atoms with E-state index in [0.29, 0.717) is 5.84 Å². The van der Waals surface area contributed by atoms with Gasteiger partial charge in [0.1, 0.15) is 11.6 Å².